The Bertz CT molecular complexity index is 457. The zero-order valence-electron chi connectivity index (χ0n) is 14.0. The van der Waals surface area contributed by atoms with E-state index in [1.165, 1.54) is 7.11 Å². The molecular formula is C16H27O6P. The summed E-state index contributed by atoms with van der Waals surface area (Å²) in [5, 5.41) is 9.63. The Morgan fingerprint density at radius 2 is 1.74 bits per heavy atom. The highest BCUT2D eigenvalue weighted by atomic mass is 31.2. The molecule has 1 aromatic carbocycles. The Labute approximate surface area is 138 Å². The lowest BCUT2D eigenvalue weighted by molar-refractivity contribution is -0.00605. The minimum absolute atomic E-state index is 0.189. The molecular weight excluding hydrogens is 319 g/mol. The van der Waals surface area contributed by atoms with Gasteiger partial charge in [-0.25, -0.2) is 0 Å². The van der Waals surface area contributed by atoms with E-state index in [1.807, 2.05) is 30.3 Å². The standard InChI is InChI=1S/C16H27O6P/c1-4-21-23(18,22-5-2)16(19-3)15(11-17)13-20-12-14-9-7-6-8-10-14/h6-10,15-17H,4-5,11-13H2,1-3H3. The minimum atomic E-state index is -3.48. The highest BCUT2D eigenvalue weighted by molar-refractivity contribution is 7.54. The number of ether oxygens (including phenoxy) is 2. The van der Waals surface area contributed by atoms with Crippen LogP contribution < -0.4 is 0 Å². The number of hydrogen-bond acceptors (Lipinski definition) is 6. The van der Waals surface area contributed by atoms with Gasteiger partial charge in [0.15, 0.2) is 5.85 Å². The minimum Gasteiger partial charge on any atom is -0.396 e. The average Bonchev–Trinajstić information content (AvgIpc) is 2.55. The lowest BCUT2D eigenvalue weighted by Gasteiger charge is -2.30. The van der Waals surface area contributed by atoms with Crippen molar-refractivity contribution < 1.29 is 28.2 Å². The summed E-state index contributed by atoms with van der Waals surface area (Å²) in [6.45, 7) is 4.30. The first kappa shape index (κ1) is 20.3. The second kappa shape index (κ2) is 10.9. The zero-order valence-corrected chi connectivity index (χ0v) is 14.9. The Kier molecular flexibility index (Phi) is 9.63. The van der Waals surface area contributed by atoms with Crippen molar-refractivity contribution in [1.82, 2.24) is 0 Å². The number of methoxy groups -OCH3 is 1. The van der Waals surface area contributed by atoms with E-state index in [2.05, 4.69) is 0 Å². The van der Waals surface area contributed by atoms with Crippen LogP contribution in [0.2, 0.25) is 0 Å². The molecule has 2 atom stereocenters. The van der Waals surface area contributed by atoms with E-state index in [9.17, 15) is 9.67 Å². The average molecular weight is 346 g/mol. The van der Waals surface area contributed by atoms with Crippen LogP contribution in [0.3, 0.4) is 0 Å². The number of rotatable bonds is 12. The topological polar surface area (TPSA) is 74.2 Å². The van der Waals surface area contributed by atoms with Gasteiger partial charge in [-0.3, -0.25) is 4.57 Å². The fourth-order valence-corrected chi connectivity index (χ4v) is 4.29. The third-order valence-corrected chi connectivity index (χ3v) is 5.74. The lowest BCUT2D eigenvalue weighted by atomic mass is 10.2. The van der Waals surface area contributed by atoms with Crippen LogP contribution in [0, 0.1) is 5.92 Å². The Hall–Kier alpha value is -0.750. The zero-order chi connectivity index (χ0) is 17.1. The van der Waals surface area contributed by atoms with Crippen LogP contribution in [-0.4, -0.2) is 44.5 Å². The summed E-state index contributed by atoms with van der Waals surface area (Å²) in [6, 6.07) is 9.69. The molecule has 0 heterocycles. The molecule has 2 unspecified atom stereocenters. The van der Waals surface area contributed by atoms with Gasteiger partial charge in [-0.2, -0.15) is 0 Å². The Balaban J connectivity index is 2.69. The van der Waals surface area contributed by atoms with Gasteiger partial charge < -0.3 is 23.6 Å². The van der Waals surface area contributed by atoms with E-state index in [1.54, 1.807) is 13.8 Å². The van der Waals surface area contributed by atoms with Gasteiger partial charge in [0, 0.05) is 13.0 Å². The highest BCUT2D eigenvalue weighted by Crippen LogP contribution is 2.55. The Morgan fingerprint density at radius 1 is 1.13 bits per heavy atom. The normalized spacial score (nSPS) is 14.6. The van der Waals surface area contributed by atoms with Crippen LogP contribution in [0.4, 0.5) is 0 Å². The van der Waals surface area contributed by atoms with Crippen molar-refractivity contribution in [1.29, 1.82) is 0 Å². The predicted octanol–water partition coefficient (Wildman–Crippen LogP) is 3.05. The van der Waals surface area contributed by atoms with Crippen molar-refractivity contribution in [3.05, 3.63) is 35.9 Å². The molecule has 0 amide bonds. The van der Waals surface area contributed by atoms with E-state index >= 15 is 0 Å². The summed E-state index contributed by atoms with van der Waals surface area (Å²) in [4.78, 5) is 0. The van der Waals surface area contributed by atoms with E-state index in [0.717, 1.165) is 5.56 Å². The van der Waals surface area contributed by atoms with Gasteiger partial charge in [-0.1, -0.05) is 30.3 Å². The van der Waals surface area contributed by atoms with Crippen LogP contribution >= 0.6 is 7.60 Å². The highest BCUT2D eigenvalue weighted by Gasteiger charge is 2.41. The number of aliphatic hydroxyl groups excluding tert-OH is 1. The molecule has 1 rings (SSSR count). The molecule has 0 aliphatic carbocycles. The molecule has 23 heavy (non-hydrogen) atoms. The summed E-state index contributed by atoms with van der Waals surface area (Å²) in [6.07, 6.45) is 0. The Morgan fingerprint density at radius 3 is 2.22 bits per heavy atom. The van der Waals surface area contributed by atoms with E-state index in [4.69, 9.17) is 18.5 Å². The van der Waals surface area contributed by atoms with E-state index in [0.29, 0.717) is 6.61 Å². The first-order chi connectivity index (χ1) is 11.1. The molecule has 132 valence electrons. The first-order valence-corrected chi connectivity index (χ1v) is 9.36. The second-order valence-corrected chi connectivity index (χ2v) is 7.05. The third kappa shape index (κ3) is 6.34. The second-order valence-electron chi connectivity index (χ2n) is 4.95. The molecule has 0 bridgehead atoms. The van der Waals surface area contributed by atoms with Crippen molar-refractivity contribution in [3.8, 4) is 0 Å². The number of aliphatic hydroxyl groups is 1. The monoisotopic (exact) mass is 346 g/mol. The summed E-state index contributed by atoms with van der Waals surface area (Å²) in [5.41, 5.74) is 1.02. The molecule has 0 aliphatic heterocycles. The van der Waals surface area contributed by atoms with Gasteiger partial charge in [-0.05, 0) is 19.4 Å². The van der Waals surface area contributed by atoms with Crippen molar-refractivity contribution in [2.75, 3.05) is 33.5 Å². The van der Waals surface area contributed by atoms with Crippen LogP contribution in [0.5, 0.6) is 0 Å². The fraction of sp³-hybridized carbons (Fsp3) is 0.625. The molecule has 0 saturated heterocycles. The maximum Gasteiger partial charge on any atom is 0.359 e. The smallest absolute Gasteiger partial charge is 0.359 e. The molecule has 0 saturated carbocycles. The van der Waals surface area contributed by atoms with Crippen LogP contribution in [0.1, 0.15) is 19.4 Å². The van der Waals surface area contributed by atoms with Crippen molar-refractivity contribution >= 4 is 7.60 Å². The van der Waals surface area contributed by atoms with Crippen molar-refractivity contribution in [3.63, 3.8) is 0 Å². The first-order valence-electron chi connectivity index (χ1n) is 7.75. The number of benzene rings is 1. The quantitative estimate of drug-likeness (QED) is 0.586. The van der Waals surface area contributed by atoms with Gasteiger partial charge in [0.25, 0.3) is 0 Å². The van der Waals surface area contributed by atoms with Gasteiger partial charge in [-0.15, -0.1) is 0 Å². The largest absolute Gasteiger partial charge is 0.396 e. The molecule has 0 spiro atoms. The van der Waals surface area contributed by atoms with E-state index in [-0.39, 0.29) is 26.4 Å². The molecule has 6 nitrogen and oxygen atoms in total. The van der Waals surface area contributed by atoms with Gasteiger partial charge in [0.2, 0.25) is 0 Å². The lowest BCUT2D eigenvalue weighted by Crippen LogP contribution is -2.31. The maximum absolute atomic E-state index is 12.8. The fourth-order valence-electron chi connectivity index (χ4n) is 2.25. The van der Waals surface area contributed by atoms with E-state index < -0.39 is 19.4 Å². The maximum atomic E-state index is 12.8. The molecule has 1 N–H and O–H groups in total. The van der Waals surface area contributed by atoms with Crippen molar-refractivity contribution in [2.24, 2.45) is 5.92 Å². The molecule has 0 radical (unpaired) electrons. The molecule has 0 fully saturated rings. The predicted molar refractivity (Wildman–Crippen MR) is 88.3 cm³/mol. The molecule has 0 aliphatic rings. The van der Waals surface area contributed by atoms with Gasteiger partial charge in [0.1, 0.15) is 0 Å². The molecule has 0 aromatic heterocycles. The van der Waals surface area contributed by atoms with Gasteiger partial charge in [0.05, 0.1) is 33.0 Å². The summed E-state index contributed by atoms with van der Waals surface area (Å²) < 4.78 is 34.4. The summed E-state index contributed by atoms with van der Waals surface area (Å²) in [7, 11) is -2.05. The SMILES string of the molecule is CCOP(=O)(OCC)C(OC)C(CO)COCc1ccccc1. The van der Waals surface area contributed by atoms with Crippen molar-refractivity contribution in [2.45, 2.75) is 26.3 Å². The third-order valence-electron chi connectivity index (χ3n) is 3.25. The molecule has 7 heteroatoms. The summed E-state index contributed by atoms with van der Waals surface area (Å²) in [5.74, 6) is -1.38. The summed E-state index contributed by atoms with van der Waals surface area (Å²) >= 11 is 0. The van der Waals surface area contributed by atoms with Crippen LogP contribution in [-0.2, 0) is 29.7 Å². The van der Waals surface area contributed by atoms with Gasteiger partial charge >= 0.3 is 7.60 Å². The van der Waals surface area contributed by atoms with Crippen LogP contribution in [0.25, 0.3) is 0 Å². The van der Waals surface area contributed by atoms with Crippen LogP contribution in [0.15, 0.2) is 30.3 Å². The number of hydrogen-bond donors (Lipinski definition) is 1. The molecule has 1 aromatic rings.